The molecule has 0 aliphatic carbocycles. The Kier molecular flexibility index (Phi) is 3.10. The van der Waals surface area contributed by atoms with Crippen LogP contribution in [0.1, 0.15) is 15.9 Å². The summed E-state index contributed by atoms with van der Waals surface area (Å²) in [5, 5.41) is 8.83. The van der Waals surface area contributed by atoms with Crippen molar-refractivity contribution in [1.82, 2.24) is 9.97 Å². The Morgan fingerprint density at radius 2 is 1.80 bits per heavy atom. The number of rotatable bonds is 3. The maximum atomic E-state index is 12.3. The quantitative estimate of drug-likeness (QED) is 0.562. The maximum Gasteiger partial charge on any atom is 0.193 e. The molecule has 0 aliphatic heterocycles. The number of nitrogens with one attached hydrogen (secondary N) is 1. The number of hydrogen-bond acceptors (Lipinski definition) is 5. The van der Waals surface area contributed by atoms with Crippen molar-refractivity contribution in [3.63, 3.8) is 0 Å². The molecule has 0 amide bonds. The van der Waals surface area contributed by atoms with E-state index < -0.39 is 0 Å². The predicted octanol–water partition coefficient (Wildman–Crippen LogP) is 2.66. The van der Waals surface area contributed by atoms with Crippen LogP contribution in [0.5, 0.6) is 0 Å². The van der Waals surface area contributed by atoms with Crippen molar-refractivity contribution in [2.45, 2.75) is 0 Å². The van der Waals surface area contributed by atoms with E-state index in [1.165, 1.54) is 6.20 Å². The van der Waals surface area contributed by atoms with Gasteiger partial charge in [-0.2, -0.15) is 0 Å². The Morgan fingerprint density at radius 1 is 1.00 bits per heavy atom. The second-order valence-corrected chi connectivity index (χ2v) is 4.27. The van der Waals surface area contributed by atoms with Crippen LogP contribution in [0.4, 0.5) is 5.82 Å². The molecule has 5 nitrogen and oxygen atoms in total. The van der Waals surface area contributed by atoms with Crippen LogP contribution >= 0.6 is 0 Å². The van der Waals surface area contributed by atoms with Gasteiger partial charge in [-0.1, -0.05) is 30.3 Å². The molecule has 0 bridgehead atoms. The van der Waals surface area contributed by atoms with Gasteiger partial charge in [0.05, 0.1) is 17.2 Å². The Hall–Kier alpha value is -2.79. The van der Waals surface area contributed by atoms with Crippen molar-refractivity contribution >= 4 is 22.6 Å². The minimum absolute atomic E-state index is 0.0725. The lowest BCUT2D eigenvalue weighted by Crippen LogP contribution is -2.02. The van der Waals surface area contributed by atoms with Crippen molar-refractivity contribution in [1.29, 1.82) is 0 Å². The molecule has 2 aromatic carbocycles. The van der Waals surface area contributed by atoms with Gasteiger partial charge in [0, 0.05) is 11.1 Å². The normalized spacial score (nSPS) is 10.4. The van der Waals surface area contributed by atoms with Gasteiger partial charge in [-0.3, -0.25) is 20.5 Å². The van der Waals surface area contributed by atoms with Gasteiger partial charge in [0.25, 0.3) is 0 Å². The lowest BCUT2D eigenvalue weighted by molar-refractivity contribution is 0.103. The molecular formula is C15H11N3O2. The van der Waals surface area contributed by atoms with Crippen molar-refractivity contribution in [2.75, 3.05) is 5.48 Å². The lowest BCUT2D eigenvalue weighted by atomic mass is 10.0. The van der Waals surface area contributed by atoms with Crippen LogP contribution in [0.15, 0.2) is 54.7 Å². The summed E-state index contributed by atoms with van der Waals surface area (Å²) in [5.74, 6) is 0.165. The van der Waals surface area contributed by atoms with Crippen LogP contribution in [0.2, 0.25) is 0 Å². The Labute approximate surface area is 114 Å². The number of anilines is 1. The van der Waals surface area contributed by atoms with Gasteiger partial charge in [0.1, 0.15) is 0 Å². The molecule has 98 valence electrons. The molecule has 0 radical (unpaired) electrons. The number of aromatic nitrogens is 2. The maximum absolute atomic E-state index is 12.3. The van der Waals surface area contributed by atoms with Crippen LogP contribution in [0, 0.1) is 0 Å². The highest BCUT2D eigenvalue weighted by atomic mass is 16.5. The second-order valence-electron chi connectivity index (χ2n) is 4.27. The summed E-state index contributed by atoms with van der Waals surface area (Å²) in [6.45, 7) is 0. The highest BCUT2D eigenvalue weighted by Crippen LogP contribution is 2.16. The van der Waals surface area contributed by atoms with Crippen LogP contribution in [0.25, 0.3) is 11.0 Å². The fourth-order valence-electron chi connectivity index (χ4n) is 1.96. The largest absolute Gasteiger partial charge is 0.290 e. The third-order valence-corrected chi connectivity index (χ3v) is 2.95. The first-order valence-electron chi connectivity index (χ1n) is 6.04. The summed E-state index contributed by atoms with van der Waals surface area (Å²) in [5.41, 5.74) is 4.31. The standard InChI is InChI=1S/C15H11N3O2/c19-15(10-4-2-1-3-5-10)11-6-7-12-13(8-11)17-14(18-20)9-16-12/h1-9,20H,(H,17,18). The van der Waals surface area contributed by atoms with Crippen molar-refractivity contribution < 1.29 is 10.0 Å². The summed E-state index contributed by atoms with van der Waals surface area (Å²) in [6, 6.07) is 14.2. The average Bonchev–Trinajstić information content (AvgIpc) is 2.54. The van der Waals surface area contributed by atoms with E-state index >= 15 is 0 Å². The molecule has 3 rings (SSSR count). The number of fused-ring (bicyclic) bond motifs is 1. The van der Waals surface area contributed by atoms with Crippen LogP contribution in [-0.2, 0) is 0 Å². The van der Waals surface area contributed by atoms with Gasteiger partial charge in [-0.15, -0.1) is 0 Å². The molecule has 0 unspecified atom stereocenters. The van der Waals surface area contributed by atoms with E-state index in [0.717, 1.165) is 0 Å². The molecule has 2 N–H and O–H groups in total. The van der Waals surface area contributed by atoms with Gasteiger partial charge in [-0.05, 0) is 18.2 Å². The van der Waals surface area contributed by atoms with Gasteiger partial charge in [0.2, 0.25) is 0 Å². The first-order valence-corrected chi connectivity index (χ1v) is 6.04. The SMILES string of the molecule is O=C(c1ccccc1)c1ccc2ncc(NO)nc2c1. The van der Waals surface area contributed by atoms with Crippen molar-refractivity contribution in [2.24, 2.45) is 0 Å². The molecule has 0 spiro atoms. The van der Waals surface area contributed by atoms with E-state index in [1.54, 1.807) is 30.3 Å². The first kappa shape index (κ1) is 12.3. The fourth-order valence-corrected chi connectivity index (χ4v) is 1.96. The number of benzene rings is 2. The number of ketones is 1. The molecule has 0 fully saturated rings. The monoisotopic (exact) mass is 265 g/mol. The van der Waals surface area contributed by atoms with Crippen molar-refractivity contribution in [3.8, 4) is 0 Å². The fraction of sp³-hybridized carbons (Fsp3) is 0. The van der Waals surface area contributed by atoms with Crippen LogP contribution in [-0.4, -0.2) is 21.0 Å². The van der Waals surface area contributed by atoms with E-state index in [0.29, 0.717) is 22.2 Å². The van der Waals surface area contributed by atoms with E-state index in [-0.39, 0.29) is 11.6 Å². The Balaban J connectivity index is 2.06. The zero-order valence-electron chi connectivity index (χ0n) is 10.4. The van der Waals surface area contributed by atoms with E-state index in [4.69, 9.17) is 5.21 Å². The molecule has 1 heterocycles. The van der Waals surface area contributed by atoms with Crippen molar-refractivity contribution in [3.05, 3.63) is 65.9 Å². The van der Waals surface area contributed by atoms with Crippen LogP contribution in [0.3, 0.4) is 0 Å². The summed E-state index contributed by atoms with van der Waals surface area (Å²) in [4.78, 5) is 20.6. The van der Waals surface area contributed by atoms with Crippen LogP contribution < -0.4 is 5.48 Å². The first-order chi connectivity index (χ1) is 9.78. The zero-order chi connectivity index (χ0) is 13.9. The number of carbonyl (C=O) groups is 1. The number of hydrogen-bond donors (Lipinski definition) is 2. The molecule has 0 saturated carbocycles. The summed E-state index contributed by atoms with van der Waals surface area (Å²) < 4.78 is 0. The third kappa shape index (κ3) is 2.22. The number of carbonyl (C=O) groups excluding carboxylic acids is 1. The van der Waals surface area contributed by atoms with E-state index in [2.05, 4.69) is 9.97 Å². The molecule has 20 heavy (non-hydrogen) atoms. The van der Waals surface area contributed by atoms with E-state index in [1.807, 2.05) is 23.7 Å². The summed E-state index contributed by atoms with van der Waals surface area (Å²) >= 11 is 0. The van der Waals surface area contributed by atoms with Gasteiger partial charge < -0.3 is 0 Å². The molecule has 5 heteroatoms. The highest BCUT2D eigenvalue weighted by molar-refractivity contribution is 6.10. The molecule has 1 aromatic heterocycles. The average molecular weight is 265 g/mol. The molecule has 0 aliphatic rings. The molecule has 3 aromatic rings. The van der Waals surface area contributed by atoms with E-state index in [9.17, 15) is 4.79 Å². The number of nitrogens with zero attached hydrogens (tertiary/aromatic N) is 2. The zero-order valence-corrected chi connectivity index (χ0v) is 10.4. The third-order valence-electron chi connectivity index (χ3n) is 2.95. The minimum Gasteiger partial charge on any atom is -0.290 e. The lowest BCUT2D eigenvalue weighted by Gasteiger charge is -2.04. The molecule has 0 saturated heterocycles. The topological polar surface area (TPSA) is 75.1 Å². The summed E-state index contributed by atoms with van der Waals surface area (Å²) in [6.07, 6.45) is 1.42. The Bertz CT molecular complexity index is 772. The second kappa shape index (κ2) is 5.07. The predicted molar refractivity (Wildman–Crippen MR) is 74.8 cm³/mol. The smallest absolute Gasteiger partial charge is 0.193 e. The molecule has 0 atom stereocenters. The minimum atomic E-state index is -0.0725. The van der Waals surface area contributed by atoms with Gasteiger partial charge in [0.15, 0.2) is 11.6 Å². The highest BCUT2D eigenvalue weighted by Gasteiger charge is 2.10. The van der Waals surface area contributed by atoms with Gasteiger partial charge >= 0.3 is 0 Å². The summed E-state index contributed by atoms with van der Waals surface area (Å²) in [7, 11) is 0. The van der Waals surface area contributed by atoms with Gasteiger partial charge in [-0.25, -0.2) is 4.98 Å². The Morgan fingerprint density at radius 3 is 2.55 bits per heavy atom. The molecular weight excluding hydrogens is 254 g/mol.